The van der Waals surface area contributed by atoms with Crippen molar-refractivity contribution in [2.75, 3.05) is 6.61 Å². The largest absolute Gasteiger partial charge is 0.480 e. The first kappa shape index (κ1) is 9.48. The second-order valence-electron chi connectivity index (χ2n) is 0.552. The monoisotopic (exact) mass is 273 g/mol. The molecule has 41 valence electrons. The summed E-state index contributed by atoms with van der Waals surface area (Å²) in [7, 11) is 0. The Morgan fingerprint density at radius 2 is 1.83 bits per heavy atom. The van der Waals surface area contributed by atoms with Gasteiger partial charge in [0.1, 0.15) is 6.61 Å². The molecule has 0 aliphatic heterocycles. The normalized spacial score (nSPS) is 6.17. The van der Waals surface area contributed by atoms with Gasteiger partial charge >= 0.3 is 5.97 Å². The molecule has 0 bridgehead atoms. The fourth-order valence-electron chi connectivity index (χ4n) is 0. The van der Waals surface area contributed by atoms with E-state index in [2.05, 4.69) is 0 Å². The second kappa shape index (κ2) is 5.17. The third-order valence-electron chi connectivity index (χ3n) is 0.135. The Morgan fingerprint density at radius 1 is 1.67 bits per heavy atom. The Balaban J connectivity index is 0. The van der Waals surface area contributed by atoms with E-state index in [1.807, 2.05) is 0 Å². The van der Waals surface area contributed by atoms with E-state index in [1.165, 1.54) is 0 Å². The van der Waals surface area contributed by atoms with Crippen LogP contribution in [0.2, 0.25) is 0 Å². The van der Waals surface area contributed by atoms with E-state index in [-0.39, 0.29) is 22.4 Å². The van der Waals surface area contributed by atoms with Gasteiger partial charge in [-0.15, -0.1) is 0 Å². The van der Waals surface area contributed by atoms with Crippen LogP contribution in [-0.4, -0.2) is 22.8 Å². The van der Waals surface area contributed by atoms with Crippen LogP contribution < -0.4 is 0 Å². The third-order valence-corrected chi connectivity index (χ3v) is 0.135. The molecule has 0 unspecified atom stereocenters. The van der Waals surface area contributed by atoms with Gasteiger partial charge in [0.05, 0.1) is 0 Å². The van der Waals surface area contributed by atoms with Gasteiger partial charge in [-0.25, -0.2) is 4.79 Å². The van der Waals surface area contributed by atoms with E-state index < -0.39 is 12.6 Å². The quantitative estimate of drug-likeness (QED) is 0.606. The summed E-state index contributed by atoms with van der Waals surface area (Å²) < 4.78 is 0. The molecule has 0 aliphatic carbocycles. The van der Waals surface area contributed by atoms with Gasteiger partial charge in [-0.2, -0.15) is 0 Å². The van der Waals surface area contributed by atoms with E-state index in [4.69, 9.17) is 15.0 Å². The van der Waals surface area contributed by atoms with Crippen LogP contribution in [0.3, 0.4) is 0 Å². The molecule has 0 aliphatic rings. The standard InChI is InChI=1S/C2H4O3.Au/c3-1-2(4)5;/h3H,1H2,(H,4,5);. The minimum absolute atomic E-state index is 0. The third kappa shape index (κ3) is 8.90. The molecule has 6 heavy (non-hydrogen) atoms. The maximum absolute atomic E-state index is 9.12. The summed E-state index contributed by atoms with van der Waals surface area (Å²) in [6, 6.07) is 0. The van der Waals surface area contributed by atoms with Crippen molar-refractivity contribution in [3.8, 4) is 0 Å². The molecule has 1 radical (unpaired) electrons. The minimum atomic E-state index is -1.19. The molecule has 3 nitrogen and oxygen atoms in total. The van der Waals surface area contributed by atoms with E-state index in [9.17, 15) is 0 Å². The molecular formula is C2H4AuO3. The Kier molecular flexibility index (Phi) is 8.17. The number of carbonyl (C=O) groups is 1. The van der Waals surface area contributed by atoms with E-state index in [1.54, 1.807) is 0 Å². The predicted molar refractivity (Wildman–Crippen MR) is 14.7 cm³/mol. The second-order valence-corrected chi connectivity index (χ2v) is 0.552. The average Bonchev–Trinajstić information content (AvgIpc) is 1.38. The van der Waals surface area contributed by atoms with Crippen molar-refractivity contribution in [2.24, 2.45) is 0 Å². The molecule has 4 heteroatoms. The number of rotatable bonds is 1. The fourth-order valence-corrected chi connectivity index (χ4v) is 0. The van der Waals surface area contributed by atoms with Gasteiger partial charge in [0.15, 0.2) is 0 Å². The maximum Gasteiger partial charge on any atom is 0.329 e. The summed E-state index contributed by atoms with van der Waals surface area (Å²) in [5.41, 5.74) is 0. The minimum Gasteiger partial charge on any atom is -0.480 e. The number of aliphatic hydroxyl groups is 1. The van der Waals surface area contributed by atoms with Crippen LogP contribution in [-0.2, 0) is 27.2 Å². The summed E-state index contributed by atoms with van der Waals surface area (Å²) in [6.07, 6.45) is 0. The van der Waals surface area contributed by atoms with E-state index in [0.717, 1.165) is 0 Å². The van der Waals surface area contributed by atoms with Gasteiger partial charge < -0.3 is 10.2 Å². The number of aliphatic carboxylic acids is 1. The number of hydrogen-bond acceptors (Lipinski definition) is 2. The number of carboxylic acids is 1. The summed E-state index contributed by atoms with van der Waals surface area (Å²) in [6.45, 7) is -0.778. The molecular weight excluding hydrogens is 269 g/mol. The van der Waals surface area contributed by atoms with Crippen molar-refractivity contribution >= 4 is 5.97 Å². The topological polar surface area (TPSA) is 57.5 Å². The molecule has 0 atom stereocenters. The molecule has 0 saturated heterocycles. The SMILES string of the molecule is O=C(O)CO.[Au]. The molecule has 0 spiro atoms. The van der Waals surface area contributed by atoms with Crippen molar-refractivity contribution < 1.29 is 37.4 Å². The van der Waals surface area contributed by atoms with Crippen LogP contribution in [0.15, 0.2) is 0 Å². The molecule has 0 saturated carbocycles. The van der Waals surface area contributed by atoms with Crippen LogP contribution >= 0.6 is 0 Å². The summed E-state index contributed by atoms with van der Waals surface area (Å²) in [5.74, 6) is -1.19. The first-order chi connectivity index (χ1) is 2.27. The smallest absolute Gasteiger partial charge is 0.329 e. The first-order valence-corrected chi connectivity index (χ1v) is 1.10. The van der Waals surface area contributed by atoms with Crippen molar-refractivity contribution in [3.05, 3.63) is 0 Å². The van der Waals surface area contributed by atoms with Crippen molar-refractivity contribution in [1.82, 2.24) is 0 Å². The first-order valence-electron chi connectivity index (χ1n) is 1.10. The maximum atomic E-state index is 9.12. The van der Waals surface area contributed by atoms with Crippen molar-refractivity contribution in [2.45, 2.75) is 0 Å². The molecule has 0 heterocycles. The molecule has 0 amide bonds. The molecule has 0 aromatic rings. The zero-order valence-corrected chi connectivity index (χ0v) is 4.98. The zero-order chi connectivity index (χ0) is 4.28. The van der Waals surface area contributed by atoms with E-state index in [0.29, 0.717) is 0 Å². The number of carboxylic acid groups (broad SMARTS) is 1. The van der Waals surface area contributed by atoms with Gasteiger partial charge in [0.2, 0.25) is 0 Å². The molecule has 0 aromatic carbocycles. The van der Waals surface area contributed by atoms with Crippen LogP contribution in [0.4, 0.5) is 0 Å². The average molecular weight is 273 g/mol. The Labute approximate surface area is 50.5 Å². The Bertz CT molecular complexity index is 44.1. The molecule has 0 aromatic heterocycles. The van der Waals surface area contributed by atoms with Gasteiger partial charge in [-0.3, -0.25) is 0 Å². The van der Waals surface area contributed by atoms with Gasteiger partial charge in [-0.1, -0.05) is 0 Å². The number of hydrogen-bond donors (Lipinski definition) is 2. The Hall–Kier alpha value is 0.170. The molecule has 2 N–H and O–H groups in total. The van der Waals surface area contributed by atoms with Crippen LogP contribution in [0.25, 0.3) is 0 Å². The fraction of sp³-hybridized carbons (Fsp3) is 0.500. The Morgan fingerprint density at radius 3 is 1.83 bits per heavy atom. The summed E-state index contributed by atoms with van der Waals surface area (Å²) in [5, 5.41) is 15.0. The van der Waals surface area contributed by atoms with Crippen molar-refractivity contribution in [1.29, 1.82) is 0 Å². The predicted octanol–water partition coefficient (Wildman–Crippen LogP) is -0.939. The zero-order valence-electron chi connectivity index (χ0n) is 2.81. The van der Waals surface area contributed by atoms with Crippen molar-refractivity contribution in [3.63, 3.8) is 0 Å². The van der Waals surface area contributed by atoms with Gasteiger partial charge in [0, 0.05) is 22.4 Å². The molecule has 0 fully saturated rings. The van der Waals surface area contributed by atoms with Gasteiger partial charge in [0.25, 0.3) is 0 Å². The van der Waals surface area contributed by atoms with Crippen LogP contribution in [0, 0.1) is 0 Å². The van der Waals surface area contributed by atoms with E-state index >= 15 is 0 Å². The summed E-state index contributed by atoms with van der Waals surface area (Å²) in [4.78, 5) is 9.12. The van der Waals surface area contributed by atoms with Crippen LogP contribution in [0.5, 0.6) is 0 Å². The van der Waals surface area contributed by atoms with Crippen LogP contribution in [0.1, 0.15) is 0 Å². The van der Waals surface area contributed by atoms with Gasteiger partial charge in [-0.05, 0) is 0 Å². The number of aliphatic hydroxyl groups excluding tert-OH is 1. The summed E-state index contributed by atoms with van der Waals surface area (Å²) >= 11 is 0. The molecule has 0 rings (SSSR count).